The molecule has 1 saturated heterocycles. The predicted molar refractivity (Wildman–Crippen MR) is 88.1 cm³/mol. The van der Waals surface area contributed by atoms with E-state index < -0.39 is 0 Å². The number of piperidine rings is 1. The third-order valence-corrected chi connectivity index (χ3v) is 4.89. The van der Waals surface area contributed by atoms with Crippen LogP contribution in [0.4, 0.5) is 5.82 Å². The lowest BCUT2D eigenvalue weighted by atomic mass is 9.97. The summed E-state index contributed by atoms with van der Waals surface area (Å²) in [5.41, 5.74) is 0.613. The van der Waals surface area contributed by atoms with Gasteiger partial charge in [0.25, 0.3) is 0 Å². The SMILES string of the molecule is N#Cc1ccc(N2CCC[C@@H](c3nccn3CC3CC3)C2)nc1. The molecule has 5 heteroatoms. The lowest BCUT2D eigenvalue weighted by Gasteiger charge is -2.33. The molecular weight excluding hydrogens is 286 g/mol. The van der Waals surface area contributed by atoms with Crippen molar-refractivity contribution < 1.29 is 0 Å². The molecule has 2 aromatic heterocycles. The van der Waals surface area contributed by atoms with Crippen LogP contribution in [0.25, 0.3) is 0 Å². The summed E-state index contributed by atoms with van der Waals surface area (Å²) >= 11 is 0. The van der Waals surface area contributed by atoms with E-state index in [2.05, 4.69) is 31.7 Å². The fourth-order valence-corrected chi connectivity index (χ4v) is 3.45. The minimum atomic E-state index is 0.468. The van der Waals surface area contributed by atoms with Gasteiger partial charge in [-0.2, -0.15) is 5.26 Å². The molecule has 118 valence electrons. The molecular formula is C18H21N5. The highest BCUT2D eigenvalue weighted by atomic mass is 15.2. The summed E-state index contributed by atoms with van der Waals surface area (Å²) in [6, 6.07) is 5.93. The van der Waals surface area contributed by atoms with Gasteiger partial charge in [-0.15, -0.1) is 0 Å². The fraction of sp³-hybridized carbons (Fsp3) is 0.500. The highest BCUT2D eigenvalue weighted by Crippen LogP contribution is 2.33. The van der Waals surface area contributed by atoms with E-state index in [-0.39, 0.29) is 0 Å². The summed E-state index contributed by atoms with van der Waals surface area (Å²) in [7, 11) is 0. The highest BCUT2D eigenvalue weighted by Gasteiger charge is 2.28. The number of pyridine rings is 1. The second-order valence-corrected chi connectivity index (χ2v) is 6.68. The molecule has 0 bridgehead atoms. The van der Waals surface area contributed by atoms with Crippen LogP contribution in [0.2, 0.25) is 0 Å². The Kier molecular flexibility index (Phi) is 3.74. The van der Waals surface area contributed by atoms with Gasteiger partial charge >= 0.3 is 0 Å². The van der Waals surface area contributed by atoms with Crippen LogP contribution in [0.1, 0.15) is 43.0 Å². The van der Waals surface area contributed by atoms with Crippen molar-refractivity contribution in [3.05, 3.63) is 42.1 Å². The predicted octanol–water partition coefficient (Wildman–Crippen LogP) is 2.94. The van der Waals surface area contributed by atoms with Crippen molar-refractivity contribution in [3.63, 3.8) is 0 Å². The first-order valence-electron chi connectivity index (χ1n) is 8.45. The van der Waals surface area contributed by atoms with Gasteiger partial charge in [0.2, 0.25) is 0 Å². The van der Waals surface area contributed by atoms with Gasteiger partial charge in [-0.25, -0.2) is 9.97 Å². The maximum atomic E-state index is 8.90. The van der Waals surface area contributed by atoms with Gasteiger partial charge in [0.05, 0.1) is 5.56 Å². The summed E-state index contributed by atoms with van der Waals surface area (Å²) in [6.45, 7) is 3.11. The Labute approximate surface area is 136 Å². The molecule has 1 atom stereocenters. The highest BCUT2D eigenvalue weighted by molar-refractivity contribution is 5.42. The first-order chi connectivity index (χ1) is 11.3. The van der Waals surface area contributed by atoms with E-state index >= 15 is 0 Å². The number of hydrogen-bond donors (Lipinski definition) is 0. The van der Waals surface area contributed by atoms with Gasteiger partial charge in [-0.05, 0) is 43.7 Å². The molecule has 0 unspecified atom stereocenters. The third-order valence-electron chi connectivity index (χ3n) is 4.89. The lowest BCUT2D eigenvalue weighted by molar-refractivity contribution is 0.462. The fourth-order valence-electron chi connectivity index (χ4n) is 3.45. The van der Waals surface area contributed by atoms with Gasteiger partial charge in [0.1, 0.15) is 17.7 Å². The Morgan fingerprint density at radius 3 is 2.87 bits per heavy atom. The number of imidazole rings is 1. The molecule has 0 N–H and O–H groups in total. The standard InChI is InChI=1S/C18H21N5/c19-10-15-5-6-17(21-11-15)22-8-1-2-16(13-22)18-20-7-9-23(18)12-14-3-4-14/h5-7,9,11,14,16H,1-4,8,12-13H2/t16-/m1/s1. The Morgan fingerprint density at radius 1 is 1.22 bits per heavy atom. The first-order valence-corrected chi connectivity index (χ1v) is 8.45. The molecule has 0 amide bonds. The third kappa shape index (κ3) is 3.07. The molecule has 2 aromatic rings. The number of anilines is 1. The number of nitrogens with zero attached hydrogens (tertiary/aromatic N) is 5. The van der Waals surface area contributed by atoms with Crippen molar-refractivity contribution >= 4 is 5.82 Å². The molecule has 0 spiro atoms. The number of nitriles is 1. The smallest absolute Gasteiger partial charge is 0.128 e. The monoisotopic (exact) mass is 307 g/mol. The van der Waals surface area contributed by atoms with Gasteiger partial charge in [0, 0.05) is 44.1 Å². The first kappa shape index (κ1) is 14.3. The van der Waals surface area contributed by atoms with Crippen molar-refractivity contribution in [2.24, 2.45) is 5.92 Å². The van der Waals surface area contributed by atoms with Crippen molar-refractivity contribution in [1.82, 2.24) is 14.5 Å². The average molecular weight is 307 g/mol. The second-order valence-electron chi connectivity index (χ2n) is 6.68. The quantitative estimate of drug-likeness (QED) is 0.871. The van der Waals surface area contributed by atoms with Crippen LogP contribution in [0.15, 0.2) is 30.7 Å². The van der Waals surface area contributed by atoms with Gasteiger partial charge in [-0.3, -0.25) is 0 Å². The molecule has 23 heavy (non-hydrogen) atoms. The van der Waals surface area contributed by atoms with E-state index in [1.54, 1.807) is 6.20 Å². The van der Waals surface area contributed by atoms with E-state index in [9.17, 15) is 0 Å². The van der Waals surface area contributed by atoms with Crippen LogP contribution in [0, 0.1) is 17.2 Å². The molecule has 1 saturated carbocycles. The van der Waals surface area contributed by atoms with Crippen LogP contribution in [0.3, 0.4) is 0 Å². The van der Waals surface area contributed by atoms with Crippen LogP contribution in [-0.4, -0.2) is 27.6 Å². The minimum absolute atomic E-state index is 0.468. The zero-order valence-corrected chi connectivity index (χ0v) is 13.2. The topological polar surface area (TPSA) is 57.7 Å². The Hall–Kier alpha value is -2.35. The summed E-state index contributed by atoms with van der Waals surface area (Å²) in [5, 5.41) is 8.90. The molecule has 0 aromatic carbocycles. The average Bonchev–Trinajstić information content (AvgIpc) is 3.30. The summed E-state index contributed by atoms with van der Waals surface area (Å²) in [5.74, 6) is 3.53. The number of hydrogen-bond acceptors (Lipinski definition) is 4. The van der Waals surface area contributed by atoms with Crippen LogP contribution in [-0.2, 0) is 6.54 Å². The Morgan fingerprint density at radius 2 is 2.13 bits per heavy atom. The van der Waals surface area contributed by atoms with Crippen LogP contribution in [0.5, 0.6) is 0 Å². The molecule has 5 nitrogen and oxygen atoms in total. The van der Waals surface area contributed by atoms with Crippen LogP contribution >= 0.6 is 0 Å². The van der Waals surface area contributed by atoms with Crippen LogP contribution < -0.4 is 4.90 Å². The van der Waals surface area contributed by atoms with Gasteiger partial charge in [0.15, 0.2) is 0 Å². The molecule has 2 aliphatic rings. The Bertz CT molecular complexity index is 708. The molecule has 4 rings (SSSR count). The van der Waals surface area contributed by atoms with E-state index in [0.29, 0.717) is 11.5 Å². The van der Waals surface area contributed by atoms with Crippen molar-refractivity contribution in [1.29, 1.82) is 5.26 Å². The molecule has 1 aliphatic heterocycles. The lowest BCUT2D eigenvalue weighted by Crippen LogP contribution is -2.36. The Balaban J connectivity index is 1.50. The van der Waals surface area contributed by atoms with Gasteiger partial charge in [-0.1, -0.05) is 0 Å². The number of rotatable bonds is 4. The maximum absolute atomic E-state index is 8.90. The summed E-state index contributed by atoms with van der Waals surface area (Å²) in [6.07, 6.45) is 10.8. The van der Waals surface area contributed by atoms with Crippen molar-refractivity contribution in [3.8, 4) is 6.07 Å². The van der Waals surface area contributed by atoms with E-state index in [0.717, 1.165) is 37.8 Å². The number of aromatic nitrogens is 3. The van der Waals surface area contributed by atoms with Crippen molar-refractivity contribution in [2.45, 2.75) is 38.1 Å². The zero-order chi connectivity index (χ0) is 15.6. The molecule has 0 radical (unpaired) electrons. The minimum Gasteiger partial charge on any atom is -0.356 e. The van der Waals surface area contributed by atoms with Gasteiger partial charge < -0.3 is 9.47 Å². The molecule has 2 fully saturated rings. The van der Waals surface area contributed by atoms with E-state index in [1.807, 2.05) is 18.3 Å². The summed E-state index contributed by atoms with van der Waals surface area (Å²) in [4.78, 5) is 11.4. The molecule has 3 heterocycles. The second kappa shape index (κ2) is 6.04. The normalized spacial score (nSPS) is 21.2. The maximum Gasteiger partial charge on any atom is 0.128 e. The van der Waals surface area contributed by atoms with Crippen molar-refractivity contribution in [2.75, 3.05) is 18.0 Å². The summed E-state index contributed by atoms with van der Waals surface area (Å²) < 4.78 is 2.36. The molecule has 1 aliphatic carbocycles. The largest absolute Gasteiger partial charge is 0.356 e. The van der Waals surface area contributed by atoms with E-state index in [1.165, 1.54) is 25.1 Å². The van der Waals surface area contributed by atoms with E-state index in [4.69, 9.17) is 5.26 Å². The zero-order valence-electron chi connectivity index (χ0n) is 13.2.